The summed E-state index contributed by atoms with van der Waals surface area (Å²) in [6.07, 6.45) is 0. The maximum absolute atomic E-state index is 3.59. The summed E-state index contributed by atoms with van der Waals surface area (Å²) in [4.78, 5) is 0. The van der Waals surface area contributed by atoms with Crippen LogP contribution < -0.4 is 0 Å². The van der Waals surface area contributed by atoms with Crippen LogP contribution in [0.5, 0.6) is 0 Å². The van der Waals surface area contributed by atoms with E-state index in [0.717, 1.165) is 0 Å². The maximum atomic E-state index is 3.59. The minimum absolute atomic E-state index is 1.19. The van der Waals surface area contributed by atoms with Crippen molar-refractivity contribution in [2.45, 2.75) is 6.92 Å². The number of rotatable bonds is 0. The summed E-state index contributed by atoms with van der Waals surface area (Å²) in [5.41, 5.74) is 1.29. The van der Waals surface area contributed by atoms with Crippen LogP contribution in [0.15, 0.2) is 34.8 Å². The molecule has 0 N–H and O–H groups in total. The van der Waals surface area contributed by atoms with Gasteiger partial charge in [-0.3, -0.25) is 0 Å². The van der Waals surface area contributed by atoms with Crippen LogP contribution in [-0.2, 0) is 0 Å². The van der Waals surface area contributed by atoms with Crippen LogP contribution in [0.4, 0.5) is 0 Å². The Bertz CT molecular complexity index is 463. The fraction of sp³-hybridized carbons (Fsp3) is 0.0909. The van der Waals surface area contributed by atoms with E-state index in [-0.39, 0.29) is 0 Å². The number of fused-ring (bicyclic) bond motifs is 1. The largest absolute Gasteiger partial charge is 0.0606 e. The smallest absolute Gasteiger partial charge is 0.0267 e. The van der Waals surface area contributed by atoms with Crippen LogP contribution >= 0.6 is 38.5 Å². The molecule has 0 aliphatic heterocycles. The van der Waals surface area contributed by atoms with E-state index in [1.165, 1.54) is 24.4 Å². The van der Waals surface area contributed by atoms with Crippen LogP contribution in [0.2, 0.25) is 0 Å². The number of hydrogen-bond donors (Lipinski definition) is 0. The lowest BCUT2D eigenvalue weighted by molar-refractivity contribution is 1.48. The normalized spacial score (nSPS) is 10.7. The fourth-order valence-electron chi connectivity index (χ4n) is 1.47. The highest BCUT2D eigenvalue weighted by molar-refractivity contribution is 14.1. The Balaban J connectivity index is 2.94. The number of benzene rings is 2. The molecule has 13 heavy (non-hydrogen) atoms. The summed E-state index contributed by atoms with van der Waals surface area (Å²) in [7, 11) is 0. The standard InChI is InChI=1S/C11H8BrI/c1-7-5-8-3-2-4-10(13)11(8)9(12)6-7/h2-6H,1H3. The molecular weight excluding hydrogens is 339 g/mol. The first kappa shape index (κ1) is 9.46. The Kier molecular flexibility index (Phi) is 2.60. The van der Waals surface area contributed by atoms with Crippen LogP contribution in [0.3, 0.4) is 0 Å². The average molecular weight is 347 g/mol. The molecule has 0 fully saturated rings. The van der Waals surface area contributed by atoms with Gasteiger partial charge in [0.1, 0.15) is 0 Å². The third kappa shape index (κ3) is 1.74. The third-order valence-corrected chi connectivity index (χ3v) is 3.55. The van der Waals surface area contributed by atoms with Gasteiger partial charge in [-0.15, -0.1) is 0 Å². The van der Waals surface area contributed by atoms with E-state index in [9.17, 15) is 0 Å². The van der Waals surface area contributed by atoms with Gasteiger partial charge in [-0.1, -0.05) is 34.1 Å². The molecule has 66 valence electrons. The van der Waals surface area contributed by atoms with E-state index < -0.39 is 0 Å². The second kappa shape index (κ2) is 3.58. The van der Waals surface area contributed by atoms with Gasteiger partial charge in [0.25, 0.3) is 0 Å². The Morgan fingerprint density at radius 1 is 1.23 bits per heavy atom. The van der Waals surface area contributed by atoms with Crippen LogP contribution in [-0.4, -0.2) is 0 Å². The van der Waals surface area contributed by atoms with Crippen molar-refractivity contribution in [3.05, 3.63) is 43.9 Å². The van der Waals surface area contributed by atoms with Gasteiger partial charge in [-0.2, -0.15) is 0 Å². The third-order valence-electron chi connectivity index (χ3n) is 2.02. The van der Waals surface area contributed by atoms with Crippen molar-refractivity contribution in [2.75, 3.05) is 0 Å². The molecule has 0 aliphatic rings. The van der Waals surface area contributed by atoms with E-state index >= 15 is 0 Å². The predicted molar refractivity (Wildman–Crippen MR) is 69.1 cm³/mol. The van der Waals surface area contributed by atoms with Gasteiger partial charge in [-0.05, 0) is 52.6 Å². The Hall–Kier alpha value is -0.0900. The molecule has 0 bridgehead atoms. The zero-order valence-electron chi connectivity index (χ0n) is 7.14. The molecule has 0 saturated carbocycles. The van der Waals surface area contributed by atoms with E-state index in [2.05, 4.69) is 75.8 Å². The Morgan fingerprint density at radius 2 is 2.00 bits per heavy atom. The number of aryl methyl sites for hydroxylation is 1. The van der Waals surface area contributed by atoms with Gasteiger partial charge in [0.2, 0.25) is 0 Å². The van der Waals surface area contributed by atoms with E-state index in [1.807, 2.05) is 0 Å². The van der Waals surface area contributed by atoms with E-state index in [1.54, 1.807) is 0 Å². The van der Waals surface area contributed by atoms with Gasteiger partial charge >= 0.3 is 0 Å². The first-order chi connectivity index (χ1) is 6.18. The van der Waals surface area contributed by atoms with Gasteiger partial charge < -0.3 is 0 Å². The first-order valence-corrected chi connectivity index (χ1v) is 5.90. The number of halogens is 2. The van der Waals surface area contributed by atoms with Crippen molar-refractivity contribution in [1.29, 1.82) is 0 Å². The molecule has 0 nitrogen and oxygen atoms in total. The molecular formula is C11H8BrI. The van der Waals surface area contributed by atoms with E-state index in [0.29, 0.717) is 0 Å². The van der Waals surface area contributed by atoms with Gasteiger partial charge in [0, 0.05) is 13.4 Å². The zero-order valence-corrected chi connectivity index (χ0v) is 10.9. The lowest BCUT2D eigenvalue weighted by atomic mass is 10.1. The summed E-state index contributed by atoms with van der Waals surface area (Å²) in [5.74, 6) is 0. The van der Waals surface area contributed by atoms with Crippen LogP contribution in [0.1, 0.15) is 5.56 Å². The fourth-order valence-corrected chi connectivity index (χ4v) is 3.46. The summed E-state index contributed by atoms with van der Waals surface area (Å²) in [6, 6.07) is 10.7. The van der Waals surface area contributed by atoms with Crippen molar-refractivity contribution in [2.24, 2.45) is 0 Å². The first-order valence-electron chi connectivity index (χ1n) is 4.03. The summed E-state index contributed by atoms with van der Waals surface area (Å²) >= 11 is 5.96. The molecule has 2 aromatic rings. The quantitative estimate of drug-likeness (QED) is 0.615. The molecule has 0 aliphatic carbocycles. The number of hydrogen-bond acceptors (Lipinski definition) is 0. The monoisotopic (exact) mass is 346 g/mol. The topological polar surface area (TPSA) is 0 Å². The second-order valence-corrected chi connectivity index (χ2v) is 5.10. The molecule has 0 radical (unpaired) electrons. The van der Waals surface area contributed by atoms with Crippen molar-refractivity contribution < 1.29 is 0 Å². The molecule has 0 aromatic heterocycles. The second-order valence-electron chi connectivity index (χ2n) is 3.08. The molecule has 0 unspecified atom stereocenters. The van der Waals surface area contributed by atoms with Gasteiger partial charge in [-0.25, -0.2) is 0 Å². The lowest BCUT2D eigenvalue weighted by Gasteiger charge is -2.04. The van der Waals surface area contributed by atoms with Gasteiger partial charge in [0.05, 0.1) is 0 Å². The molecule has 0 amide bonds. The average Bonchev–Trinajstić information content (AvgIpc) is 2.02. The van der Waals surface area contributed by atoms with E-state index in [4.69, 9.17) is 0 Å². The molecule has 2 aromatic carbocycles. The highest BCUT2D eigenvalue weighted by atomic mass is 127. The van der Waals surface area contributed by atoms with Gasteiger partial charge in [0.15, 0.2) is 0 Å². The molecule has 0 atom stereocenters. The summed E-state index contributed by atoms with van der Waals surface area (Å²) in [6.45, 7) is 2.12. The Labute approximate surface area is 99.6 Å². The summed E-state index contributed by atoms with van der Waals surface area (Å²) in [5, 5.41) is 2.62. The summed E-state index contributed by atoms with van der Waals surface area (Å²) < 4.78 is 2.48. The van der Waals surface area contributed by atoms with Crippen molar-refractivity contribution >= 4 is 49.3 Å². The highest BCUT2D eigenvalue weighted by Gasteiger charge is 2.02. The molecule has 2 heteroatoms. The molecule has 0 spiro atoms. The van der Waals surface area contributed by atoms with Crippen LogP contribution in [0, 0.1) is 10.5 Å². The molecule has 0 heterocycles. The van der Waals surface area contributed by atoms with Crippen LogP contribution in [0.25, 0.3) is 10.8 Å². The minimum atomic E-state index is 1.19. The Morgan fingerprint density at radius 3 is 2.77 bits per heavy atom. The minimum Gasteiger partial charge on any atom is -0.0606 e. The van der Waals surface area contributed by atoms with Crippen molar-refractivity contribution in [3.8, 4) is 0 Å². The highest BCUT2D eigenvalue weighted by Crippen LogP contribution is 2.29. The SMILES string of the molecule is Cc1cc(Br)c2c(I)cccc2c1. The lowest BCUT2D eigenvalue weighted by Crippen LogP contribution is -1.81. The molecule has 2 rings (SSSR count). The maximum Gasteiger partial charge on any atom is 0.0267 e. The molecule has 0 saturated heterocycles. The van der Waals surface area contributed by atoms with Crippen molar-refractivity contribution in [3.63, 3.8) is 0 Å². The zero-order chi connectivity index (χ0) is 9.42. The van der Waals surface area contributed by atoms with Crippen molar-refractivity contribution in [1.82, 2.24) is 0 Å². The predicted octanol–water partition coefficient (Wildman–Crippen LogP) is 4.52.